The lowest BCUT2D eigenvalue weighted by molar-refractivity contribution is -0.141. The second-order valence-electron chi connectivity index (χ2n) is 21.0. The molecular weight excluding hydrogens is 959 g/mol. The van der Waals surface area contributed by atoms with Gasteiger partial charge in [-0.1, -0.05) is 55.4 Å². The molecule has 5 N–H and O–H groups in total. The number of fused-ring (bicyclic) bond motifs is 2. The molecule has 5 fully saturated rings. The lowest BCUT2D eigenvalue weighted by Gasteiger charge is -2.43. The fraction of sp³-hybridized carbons (Fsp3) is 0.473. The van der Waals surface area contributed by atoms with Gasteiger partial charge in [0.15, 0.2) is 17.4 Å². The number of carbonyl (C=O) groups excluding carboxylic acids is 2. The topological polar surface area (TPSA) is 222 Å². The van der Waals surface area contributed by atoms with Crippen molar-refractivity contribution < 1.29 is 33.8 Å². The van der Waals surface area contributed by atoms with E-state index in [4.69, 9.17) is 19.7 Å². The van der Waals surface area contributed by atoms with Crippen molar-refractivity contribution in [3.8, 4) is 33.3 Å². The van der Waals surface area contributed by atoms with Crippen LogP contribution in [-0.2, 0) is 14.3 Å². The summed E-state index contributed by atoms with van der Waals surface area (Å²) in [5.41, 5.74) is 14.4. The molecule has 1 aliphatic carbocycles. The highest BCUT2D eigenvalue weighted by atomic mass is 32.1. The van der Waals surface area contributed by atoms with Crippen molar-refractivity contribution in [2.75, 3.05) is 53.2 Å². The van der Waals surface area contributed by atoms with E-state index in [9.17, 15) is 19.8 Å². The molecule has 8 heterocycles. The van der Waals surface area contributed by atoms with E-state index in [0.717, 1.165) is 97.8 Å². The number of nitrogens with two attached hydrogens (primary N) is 1. The van der Waals surface area contributed by atoms with Gasteiger partial charge >= 0.3 is 0 Å². The van der Waals surface area contributed by atoms with Crippen LogP contribution in [0.25, 0.3) is 21.7 Å². The summed E-state index contributed by atoms with van der Waals surface area (Å²) < 4.78 is 18.9. The number of piperazine rings is 1. The van der Waals surface area contributed by atoms with Crippen LogP contribution in [0.3, 0.4) is 0 Å². The average Bonchev–Trinajstić information content (AvgIpc) is 4.20. The normalized spacial score (nSPS) is 23.8. The first kappa shape index (κ1) is 49.4. The van der Waals surface area contributed by atoms with Gasteiger partial charge in [0.25, 0.3) is 0 Å². The number of hydrogen-bond acceptors (Lipinski definition) is 17. The third kappa shape index (κ3) is 10.1. The molecule has 6 atom stereocenters. The fourth-order valence-corrected chi connectivity index (χ4v) is 12.5. The Morgan fingerprint density at radius 1 is 0.865 bits per heavy atom. The Hall–Kier alpha value is -6.83. The summed E-state index contributed by atoms with van der Waals surface area (Å²) in [6.07, 6.45) is 6.82. The number of aryl methyl sites for hydroxylation is 1. The van der Waals surface area contributed by atoms with Gasteiger partial charge in [-0.25, -0.2) is 9.97 Å². The van der Waals surface area contributed by atoms with Crippen LogP contribution in [0.5, 0.6) is 11.6 Å². The maximum Gasteiger partial charge on any atom is 0.243 e. The molecule has 2 aromatic carbocycles. The Morgan fingerprint density at radius 3 is 2.34 bits per heavy atom. The van der Waals surface area contributed by atoms with E-state index in [2.05, 4.69) is 57.5 Å². The summed E-state index contributed by atoms with van der Waals surface area (Å²) >= 11 is 1.59. The summed E-state index contributed by atoms with van der Waals surface area (Å²) in [6, 6.07) is 22.6. The third-order valence-electron chi connectivity index (χ3n) is 15.7. The van der Waals surface area contributed by atoms with Crippen LogP contribution >= 0.6 is 11.3 Å². The van der Waals surface area contributed by atoms with E-state index in [1.807, 2.05) is 87.9 Å². The van der Waals surface area contributed by atoms with Crippen LogP contribution in [0, 0.1) is 12.8 Å². The first-order valence-corrected chi connectivity index (χ1v) is 26.9. The van der Waals surface area contributed by atoms with Crippen molar-refractivity contribution in [1.82, 2.24) is 35.5 Å². The van der Waals surface area contributed by atoms with E-state index in [-0.39, 0.29) is 72.9 Å². The number of pyridine rings is 1. The number of hydrogen-bond donors (Lipinski definition) is 4. The molecule has 4 aromatic heterocycles. The van der Waals surface area contributed by atoms with E-state index in [1.54, 1.807) is 23.5 Å². The van der Waals surface area contributed by atoms with Crippen molar-refractivity contribution >= 4 is 46.2 Å². The molecule has 19 heteroatoms. The van der Waals surface area contributed by atoms with E-state index in [1.165, 1.54) is 4.90 Å². The molecule has 1 saturated carbocycles. The Kier molecular flexibility index (Phi) is 13.9. The molecule has 74 heavy (non-hydrogen) atoms. The first-order chi connectivity index (χ1) is 35.8. The molecule has 4 saturated heterocycles. The summed E-state index contributed by atoms with van der Waals surface area (Å²) in [5.74, 6) is 0.888. The zero-order valence-corrected chi connectivity index (χ0v) is 43.1. The molecule has 4 aliphatic heterocycles. The van der Waals surface area contributed by atoms with Gasteiger partial charge in [0, 0.05) is 93.7 Å². The Balaban J connectivity index is 0.642. The quantitative estimate of drug-likeness (QED) is 0.0794. The number of β-amino-alcohol motifs (C(OH)–C–C–N with tert-alkyl or cyclic N) is 1. The molecule has 6 aromatic rings. The predicted octanol–water partition coefficient (Wildman–Crippen LogP) is 7.28. The minimum Gasteiger partial charge on any atom is -0.507 e. The van der Waals surface area contributed by atoms with Crippen molar-refractivity contribution in [2.45, 2.75) is 127 Å². The maximum absolute atomic E-state index is 14.4. The molecule has 2 amide bonds. The number of aliphatic hydroxyl groups is 1. The number of rotatable bonds is 15. The van der Waals surface area contributed by atoms with Gasteiger partial charge in [0.05, 0.1) is 51.8 Å². The molecule has 5 aliphatic rings. The number of benzene rings is 2. The number of amides is 2. The Bertz CT molecular complexity index is 2940. The summed E-state index contributed by atoms with van der Waals surface area (Å²) in [4.78, 5) is 46.8. The van der Waals surface area contributed by atoms with Crippen LogP contribution in [0.15, 0.2) is 89.0 Å². The number of ether oxygens (including phenoxy) is 2. The number of nitrogens with zero attached hydrogens (tertiary/aromatic N) is 9. The van der Waals surface area contributed by atoms with Crippen LogP contribution in [0.2, 0.25) is 0 Å². The molecule has 0 radical (unpaired) electrons. The average molecular weight is 1020 g/mol. The number of carbonyl (C=O) groups is 2. The van der Waals surface area contributed by atoms with Crippen LogP contribution in [0.1, 0.15) is 94.7 Å². The number of thiazole rings is 1. The molecule has 2 bridgehead atoms. The first-order valence-electron chi connectivity index (χ1n) is 26.1. The number of aromatic nitrogens is 5. The molecule has 3 unspecified atom stereocenters. The second kappa shape index (κ2) is 20.8. The highest BCUT2D eigenvalue weighted by molar-refractivity contribution is 7.13. The number of aromatic hydroxyl groups is 1. The lowest BCUT2D eigenvalue weighted by atomic mass is 9.91. The zero-order chi connectivity index (χ0) is 51.2. The number of anilines is 4. The molecular formula is C55H65N11O7S. The van der Waals surface area contributed by atoms with Gasteiger partial charge in [-0.3, -0.25) is 9.59 Å². The van der Waals surface area contributed by atoms with Gasteiger partial charge in [-0.2, -0.15) is 0 Å². The number of phenolic OH excluding ortho intramolecular Hbond substituents is 1. The fourth-order valence-electron chi connectivity index (χ4n) is 11.7. The van der Waals surface area contributed by atoms with Crippen molar-refractivity contribution in [3.05, 3.63) is 102 Å². The van der Waals surface area contributed by atoms with Crippen LogP contribution < -0.4 is 30.5 Å². The van der Waals surface area contributed by atoms with E-state index in [0.29, 0.717) is 34.5 Å². The number of nitrogens with one attached hydrogen (secondary N) is 1. The Labute approximate surface area is 434 Å². The minimum atomic E-state index is -0.817. The monoisotopic (exact) mass is 1020 g/mol. The Morgan fingerprint density at radius 2 is 1.62 bits per heavy atom. The van der Waals surface area contributed by atoms with E-state index < -0.39 is 18.1 Å². The van der Waals surface area contributed by atoms with Crippen LogP contribution in [0.4, 0.5) is 23.0 Å². The molecule has 0 spiro atoms. The highest BCUT2D eigenvalue weighted by Crippen LogP contribution is 2.41. The standard InChI is InChI=1S/C55H65N11O7S/c1-31(2)51(55(70)65-29-39(67)22-46(65)54(69)59-32(3)34-9-11-35(12-10-34)52-33(4)58-30-74-52)48-26-49(62-73-48)63-19-16-40(17-20-63)71-41-23-42(24-41)72-50-21-36(15-18-57-50)66-37-13-14-38(66)28-64(27-37)45-25-44(60-61-53(45)56)43-7-5-6-8-47(43)68/h5-12,15,18,21,25-26,30-32,37-42,46,51,67-68H,13-14,16-17,19-20,22-24,27-29H2,1-4H3,(H2,56,61)(H,59,69)/t32-,37?,38?,39+,41?,42?,46-,51?/m0/s1. The molecule has 11 rings (SSSR count). The number of likely N-dealkylation sites (tertiary alicyclic amines) is 1. The molecule has 18 nitrogen and oxygen atoms in total. The van der Waals surface area contributed by atoms with Gasteiger partial charge in [0.1, 0.15) is 23.8 Å². The number of piperidine rings is 1. The predicted molar refractivity (Wildman–Crippen MR) is 282 cm³/mol. The third-order valence-corrected chi connectivity index (χ3v) is 16.7. The number of para-hydroxylation sites is 1. The number of phenols is 1. The van der Waals surface area contributed by atoms with Gasteiger partial charge in [0.2, 0.25) is 17.7 Å². The molecule has 388 valence electrons. The lowest BCUT2D eigenvalue weighted by Crippen LogP contribution is -2.54. The maximum atomic E-state index is 14.4. The van der Waals surface area contributed by atoms with Crippen molar-refractivity contribution in [3.63, 3.8) is 0 Å². The number of aliphatic hydroxyl groups excluding tert-OH is 1. The zero-order valence-electron chi connectivity index (χ0n) is 42.3. The van der Waals surface area contributed by atoms with E-state index >= 15 is 0 Å². The second-order valence-corrected chi connectivity index (χ2v) is 21.9. The van der Waals surface area contributed by atoms with Gasteiger partial charge in [-0.05, 0) is 80.8 Å². The van der Waals surface area contributed by atoms with Crippen molar-refractivity contribution in [1.29, 1.82) is 0 Å². The van der Waals surface area contributed by atoms with Crippen LogP contribution in [-0.4, -0.2) is 128 Å². The summed E-state index contributed by atoms with van der Waals surface area (Å²) in [7, 11) is 0. The summed E-state index contributed by atoms with van der Waals surface area (Å²) in [5, 5.41) is 37.3. The largest absolute Gasteiger partial charge is 0.507 e. The summed E-state index contributed by atoms with van der Waals surface area (Å²) in [6.45, 7) is 10.9. The van der Waals surface area contributed by atoms with Gasteiger partial charge < -0.3 is 54.9 Å². The SMILES string of the molecule is Cc1ncsc1-c1ccc([C@H](C)NC(=O)[C@@H]2C[C@@H](O)CN2C(=O)C(c2cc(N3CCC(OC4CC(Oc5cc(N6C7CCC6CN(c6cc(-c8ccccc8O)nnc6N)C7)ccn5)C4)CC3)no2)C(C)C)cc1. The number of nitrogen functional groups attached to an aromatic ring is 1. The van der Waals surface area contributed by atoms with Crippen molar-refractivity contribution in [2.24, 2.45) is 5.92 Å². The highest BCUT2D eigenvalue weighted by Gasteiger charge is 2.45. The smallest absolute Gasteiger partial charge is 0.243 e. The van der Waals surface area contributed by atoms with Gasteiger partial charge in [-0.15, -0.1) is 21.5 Å². The minimum absolute atomic E-state index is 0.0293.